The fourth-order valence-electron chi connectivity index (χ4n) is 2.61. The summed E-state index contributed by atoms with van der Waals surface area (Å²) in [6.45, 7) is 2.18. The number of halogens is 1. The molecule has 3 rings (SSSR count). The zero-order valence-electron chi connectivity index (χ0n) is 15.6. The van der Waals surface area contributed by atoms with Crippen molar-refractivity contribution in [2.75, 3.05) is 16.6 Å². The van der Waals surface area contributed by atoms with Gasteiger partial charge in [0.05, 0.1) is 17.2 Å². The molecule has 0 atom stereocenters. The number of carbonyl (C=O) groups is 1. The van der Waals surface area contributed by atoms with Gasteiger partial charge in [0.15, 0.2) is 0 Å². The Kier molecular flexibility index (Phi) is 6.56. The minimum atomic E-state index is -3.86. The van der Waals surface area contributed by atoms with Crippen LogP contribution in [0.15, 0.2) is 82.2 Å². The summed E-state index contributed by atoms with van der Waals surface area (Å²) in [5.74, 6) is 0.0271. The van der Waals surface area contributed by atoms with E-state index in [1.807, 2.05) is 13.0 Å². The lowest BCUT2D eigenvalue weighted by Crippen LogP contribution is -2.16. The summed E-state index contributed by atoms with van der Waals surface area (Å²) in [6, 6.07) is 19.8. The number of hydrogen-bond acceptors (Lipinski definition) is 4. The van der Waals surface area contributed by atoms with E-state index in [0.717, 1.165) is 4.47 Å². The van der Waals surface area contributed by atoms with E-state index in [4.69, 9.17) is 4.74 Å². The summed E-state index contributed by atoms with van der Waals surface area (Å²) < 4.78 is 34.4. The number of rotatable bonds is 7. The number of hydrogen-bond donors (Lipinski definition) is 2. The van der Waals surface area contributed by atoms with Gasteiger partial charge >= 0.3 is 0 Å². The second kappa shape index (κ2) is 9.11. The molecule has 1 amide bonds. The van der Waals surface area contributed by atoms with Crippen LogP contribution in [-0.2, 0) is 10.0 Å². The van der Waals surface area contributed by atoms with Crippen molar-refractivity contribution in [1.29, 1.82) is 0 Å². The van der Waals surface area contributed by atoms with Crippen molar-refractivity contribution in [2.24, 2.45) is 0 Å². The van der Waals surface area contributed by atoms with Crippen molar-refractivity contribution in [3.05, 3.63) is 82.8 Å². The average Bonchev–Trinajstić information content (AvgIpc) is 2.69. The standard InChI is InChI=1S/C21H19BrN2O4S/c1-2-28-20-12-11-18(29(26,27)24-17-10-6-9-16(22)13-17)14-19(20)23-21(25)15-7-4-3-5-8-15/h3-14,24H,2H2,1H3,(H,23,25). The smallest absolute Gasteiger partial charge is 0.261 e. The number of nitrogens with one attached hydrogen (secondary N) is 2. The summed E-state index contributed by atoms with van der Waals surface area (Å²) >= 11 is 3.31. The molecule has 0 radical (unpaired) electrons. The van der Waals surface area contributed by atoms with Crippen molar-refractivity contribution in [3.8, 4) is 5.75 Å². The molecule has 2 N–H and O–H groups in total. The molecule has 0 heterocycles. The van der Waals surface area contributed by atoms with E-state index in [1.54, 1.807) is 48.5 Å². The molecule has 0 fully saturated rings. The molecule has 3 aromatic carbocycles. The lowest BCUT2D eigenvalue weighted by Gasteiger charge is -2.14. The highest BCUT2D eigenvalue weighted by Crippen LogP contribution is 2.29. The van der Waals surface area contributed by atoms with Crippen LogP contribution in [0, 0.1) is 0 Å². The predicted octanol–water partition coefficient (Wildman–Crippen LogP) is 4.90. The molecule has 29 heavy (non-hydrogen) atoms. The molecule has 6 nitrogen and oxygen atoms in total. The molecular formula is C21H19BrN2O4S. The van der Waals surface area contributed by atoms with Gasteiger partial charge in [0.2, 0.25) is 0 Å². The first-order chi connectivity index (χ1) is 13.9. The van der Waals surface area contributed by atoms with Gasteiger partial charge in [-0.2, -0.15) is 0 Å². The molecule has 0 bridgehead atoms. The van der Waals surface area contributed by atoms with Crippen LogP contribution in [-0.4, -0.2) is 20.9 Å². The Morgan fingerprint density at radius 1 is 1.00 bits per heavy atom. The highest BCUT2D eigenvalue weighted by Gasteiger charge is 2.18. The Morgan fingerprint density at radius 2 is 1.76 bits per heavy atom. The monoisotopic (exact) mass is 474 g/mol. The van der Waals surface area contributed by atoms with E-state index in [9.17, 15) is 13.2 Å². The second-order valence-corrected chi connectivity index (χ2v) is 8.63. The molecule has 3 aromatic rings. The fraction of sp³-hybridized carbons (Fsp3) is 0.0952. The summed E-state index contributed by atoms with van der Waals surface area (Å²) in [4.78, 5) is 12.5. The number of carbonyl (C=O) groups excluding carboxylic acids is 1. The van der Waals surface area contributed by atoms with E-state index in [1.165, 1.54) is 18.2 Å². The molecule has 0 spiro atoms. The Hall–Kier alpha value is -2.84. The third-order valence-electron chi connectivity index (χ3n) is 3.92. The van der Waals surface area contributed by atoms with Gasteiger partial charge in [0.25, 0.3) is 15.9 Å². The number of amides is 1. The quantitative estimate of drug-likeness (QED) is 0.509. The first-order valence-corrected chi connectivity index (χ1v) is 11.1. The maximum absolute atomic E-state index is 12.8. The second-order valence-electron chi connectivity index (χ2n) is 6.03. The van der Waals surface area contributed by atoms with Crippen LogP contribution in [0.25, 0.3) is 0 Å². The Balaban J connectivity index is 1.92. The molecule has 0 aromatic heterocycles. The summed E-state index contributed by atoms with van der Waals surface area (Å²) in [5, 5.41) is 2.73. The minimum Gasteiger partial charge on any atom is -0.492 e. The number of benzene rings is 3. The highest BCUT2D eigenvalue weighted by atomic mass is 79.9. The van der Waals surface area contributed by atoms with Gasteiger partial charge in [-0.05, 0) is 55.5 Å². The lowest BCUT2D eigenvalue weighted by molar-refractivity contribution is 0.102. The van der Waals surface area contributed by atoms with E-state index >= 15 is 0 Å². The first-order valence-electron chi connectivity index (χ1n) is 8.80. The van der Waals surface area contributed by atoms with Crippen LogP contribution in [0.4, 0.5) is 11.4 Å². The zero-order chi connectivity index (χ0) is 20.9. The van der Waals surface area contributed by atoms with Crippen LogP contribution >= 0.6 is 15.9 Å². The van der Waals surface area contributed by atoms with Crippen LogP contribution in [0.3, 0.4) is 0 Å². The van der Waals surface area contributed by atoms with Crippen LogP contribution in [0.1, 0.15) is 17.3 Å². The molecule has 0 aliphatic heterocycles. The third-order valence-corrected chi connectivity index (χ3v) is 5.79. The topological polar surface area (TPSA) is 84.5 Å². The van der Waals surface area contributed by atoms with Gasteiger partial charge in [-0.25, -0.2) is 8.42 Å². The summed E-state index contributed by atoms with van der Waals surface area (Å²) in [7, 11) is -3.86. The maximum atomic E-state index is 12.8. The van der Waals surface area contributed by atoms with Gasteiger partial charge in [-0.1, -0.05) is 40.2 Å². The Bertz CT molecular complexity index is 1120. The molecule has 0 saturated carbocycles. The van der Waals surface area contributed by atoms with Crippen molar-refractivity contribution in [2.45, 2.75) is 11.8 Å². The molecule has 0 aliphatic rings. The van der Waals surface area contributed by atoms with Crippen LogP contribution in [0.2, 0.25) is 0 Å². The van der Waals surface area contributed by atoms with Gasteiger partial charge in [-0.3, -0.25) is 9.52 Å². The predicted molar refractivity (Wildman–Crippen MR) is 117 cm³/mol. The minimum absolute atomic E-state index is 0.00397. The number of ether oxygens (including phenoxy) is 1. The van der Waals surface area contributed by atoms with Gasteiger partial charge in [0.1, 0.15) is 5.75 Å². The Morgan fingerprint density at radius 3 is 2.45 bits per heavy atom. The van der Waals surface area contributed by atoms with E-state index in [2.05, 4.69) is 26.0 Å². The van der Waals surface area contributed by atoms with E-state index in [0.29, 0.717) is 23.6 Å². The van der Waals surface area contributed by atoms with Crippen molar-refractivity contribution in [1.82, 2.24) is 0 Å². The van der Waals surface area contributed by atoms with Gasteiger partial charge in [0, 0.05) is 15.7 Å². The fourth-order valence-corrected chi connectivity index (χ4v) is 4.08. The Labute approximate surface area is 178 Å². The van der Waals surface area contributed by atoms with Crippen LogP contribution in [0.5, 0.6) is 5.75 Å². The molecular weight excluding hydrogens is 456 g/mol. The van der Waals surface area contributed by atoms with Crippen LogP contribution < -0.4 is 14.8 Å². The average molecular weight is 475 g/mol. The number of sulfonamides is 1. The molecule has 8 heteroatoms. The third kappa shape index (κ3) is 5.36. The summed E-state index contributed by atoms with van der Waals surface area (Å²) in [6.07, 6.45) is 0. The van der Waals surface area contributed by atoms with Crippen molar-refractivity contribution in [3.63, 3.8) is 0 Å². The van der Waals surface area contributed by atoms with E-state index in [-0.39, 0.29) is 16.5 Å². The van der Waals surface area contributed by atoms with Crippen molar-refractivity contribution >= 4 is 43.2 Å². The maximum Gasteiger partial charge on any atom is 0.261 e. The van der Waals surface area contributed by atoms with Gasteiger partial charge in [-0.15, -0.1) is 0 Å². The normalized spacial score (nSPS) is 11.0. The highest BCUT2D eigenvalue weighted by molar-refractivity contribution is 9.10. The molecule has 150 valence electrons. The SMILES string of the molecule is CCOc1ccc(S(=O)(=O)Nc2cccc(Br)c2)cc1NC(=O)c1ccccc1. The van der Waals surface area contributed by atoms with E-state index < -0.39 is 10.0 Å². The molecule has 0 aliphatic carbocycles. The molecule has 0 unspecified atom stereocenters. The number of anilines is 2. The largest absolute Gasteiger partial charge is 0.492 e. The van der Waals surface area contributed by atoms with Crippen molar-refractivity contribution < 1.29 is 17.9 Å². The van der Waals surface area contributed by atoms with Gasteiger partial charge < -0.3 is 10.1 Å². The first kappa shape index (κ1) is 20.9. The summed E-state index contributed by atoms with van der Waals surface area (Å²) in [5.41, 5.74) is 1.15. The lowest BCUT2D eigenvalue weighted by atomic mass is 10.2. The zero-order valence-corrected chi connectivity index (χ0v) is 18.0. The molecule has 0 saturated heterocycles.